The van der Waals surface area contributed by atoms with Gasteiger partial charge in [-0.25, -0.2) is 0 Å². The van der Waals surface area contributed by atoms with Gasteiger partial charge in [0.1, 0.15) is 0 Å². The lowest BCUT2D eigenvalue weighted by Gasteiger charge is -2.07. The van der Waals surface area contributed by atoms with Gasteiger partial charge in [-0.1, -0.05) is 38.8 Å². The molecule has 3 heteroatoms. The number of imidazole rings is 1. The topological polar surface area (TPSA) is 20.7 Å². The number of aryl methyl sites for hydroxylation is 2. The monoisotopic (exact) mass is 262 g/mol. The number of rotatable bonds is 5. The fourth-order valence-electron chi connectivity index (χ4n) is 2.44. The average molecular weight is 262 g/mol. The first-order chi connectivity index (χ1) is 8.59. The SMILES string of the molecule is Cc1cccc2[nH]c(=S)n(CCCCC(C)C)c12. The molecule has 0 spiro atoms. The lowest BCUT2D eigenvalue weighted by molar-refractivity contribution is 0.511. The molecule has 2 rings (SSSR count). The molecule has 1 aromatic carbocycles. The summed E-state index contributed by atoms with van der Waals surface area (Å²) in [7, 11) is 0. The van der Waals surface area contributed by atoms with Crippen LogP contribution in [0.15, 0.2) is 18.2 Å². The molecule has 0 saturated heterocycles. The summed E-state index contributed by atoms with van der Waals surface area (Å²) in [6.45, 7) is 7.73. The van der Waals surface area contributed by atoms with Crippen LogP contribution >= 0.6 is 12.2 Å². The van der Waals surface area contributed by atoms with E-state index >= 15 is 0 Å². The van der Waals surface area contributed by atoms with Gasteiger partial charge in [-0.3, -0.25) is 0 Å². The van der Waals surface area contributed by atoms with Crippen molar-refractivity contribution in [2.45, 2.75) is 46.6 Å². The molecule has 1 aromatic heterocycles. The normalized spacial score (nSPS) is 11.6. The first kappa shape index (κ1) is 13.3. The van der Waals surface area contributed by atoms with Crippen molar-refractivity contribution in [1.29, 1.82) is 0 Å². The van der Waals surface area contributed by atoms with Crippen LogP contribution in [0, 0.1) is 17.6 Å². The predicted octanol–water partition coefficient (Wildman–Crippen LogP) is 4.83. The largest absolute Gasteiger partial charge is 0.331 e. The molecule has 1 N–H and O–H groups in total. The van der Waals surface area contributed by atoms with Gasteiger partial charge < -0.3 is 9.55 Å². The molecule has 2 aromatic rings. The number of hydrogen-bond donors (Lipinski definition) is 1. The first-order valence-corrected chi connectivity index (χ1v) is 7.18. The highest BCUT2D eigenvalue weighted by molar-refractivity contribution is 7.71. The standard InChI is InChI=1S/C15H22N2S/c1-11(2)7-4-5-10-17-14-12(3)8-6-9-13(14)16-15(17)18/h6,8-9,11H,4-5,7,10H2,1-3H3,(H,16,18). The van der Waals surface area contributed by atoms with Gasteiger partial charge in [-0.2, -0.15) is 0 Å². The highest BCUT2D eigenvalue weighted by Gasteiger charge is 2.06. The molecular formula is C15H22N2S. The maximum absolute atomic E-state index is 5.42. The van der Waals surface area contributed by atoms with E-state index in [9.17, 15) is 0 Å². The van der Waals surface area contributed by atoms with Crippen molar-refractivity contribution < 1.29 is 0 Å². The Morgan fingerprint density at radius 3 is 2.78 bits per heavy atom. The zero-order valence-electron chi connectivity index (χ0n) is 11.5. The number of fused-ring (bicyclic) bond motifs is 1. The summed E-state index contributed by atoms with van der Waals surface area (Å²) in [6, 6.07) is 6.32. The van der Waals surface area contributed by atoms with E-state index in [1.165, 1.54) is 30.3 Å². The van der Waals surface area contributed by atoms with Crippen molar-refractivity contribution in [3.8, 4) is 0 Å². The molecule has 0 aliphatic heterocycles. The summed E-state index contributed by atoms with van der Waals surface area (Å²) in [5.41, 5.74) is 3.72. The number of unbranched alkanes of at least 4 members (excludes halogenated alkanes) is 1. The molecule has 0 aliphatic rings. The van der Waals surface area contributed by atoms with E-state index in [-0.39, 0.29) is 0 Å². The van der Waals surface area contributed by atoms with E-state index in [4.69, 9.17) is 12.2 Å². The van der Waals surface area contributed by atoms with Gasteiger partial charge in [0, 0.05) is 6.54 Å². The van der Waals surface area contributed by atoms with Gasteiger partial charge in [0.25, 0.3) is 0 Å². The number of nitrogens with zero attached hydrogens (tertiary/aromatic N) is 1. The summed E-state index contributed by atoms with van der Waals surface area (Å²) in [4.78, 5) is 3.30. The van der Waals surface area contributed by atoms with Crippen LogP contribution in [-0.4, -0.2) is 9.55 Å². The number of aromatic nitrogens is 2. The average Bonchev–Trinajstić information content (AvgIpc) is 2.62. The number of H-pyrrole nitrogens is 1. The summed E-state index contributed by atoms with van der Waals surface area (Å²) in [5, 5.41) is 0. The van der Waals surface area contributed by atoms with Gasteiger partial charge in [0.2, 0.25) is 0 Å². The number of nitrogens with one attached hydrogen (secondary N) is 1. The zero-order chi connectivity index (χ0) is 13.1. The lowest BCUT2D eigenvalue weighted by Crippen LogP contribution is -2.00. The summed E-state index contributed by atoms with van der Waals surface area (Å²) < 4.78 is 3.10. The molecule has 98 valence electrons. The van der Waals surface area contributed by atoms with Crippen molar-refractivity contribution >= 4 is 23.3 Å². The maximum atomic E-state index is 5.42. The number of hydrogen-bond acceptors (Lipinski definition) is 1. The minimum atomic E-state index is 0.794. The fraction of sp³-hybridized carbons (Fsp3) is 0.533. The Morgan fingerprint density at radius 2 is 2.06 bits per heavy atom. The van der Waals surface area contributed by atoms with Gasteiger partial charge in [0.05, 0.1) is 11.0 Å². The third-order valence-corrected chi connectivity index (χ3v) is 3.73. The Hall–Kier alpha value is -1.09. The molecule has 0 amide bonds. The Morgan fingerprint density at radius 1 is 1.28 bits per heavy atom. The van der Waals surface area contributed by atoms with Crippen molar-refractivity contribution in [3.63, 3.8) is 0 Å². The third-order valence-electron chi connectivity index (χ3n) is 3.41. The highest BCUT2D eigenvalue weighted by atomic mass is 32.1. The van der Waals surface area contributed by atoms with E-state index in [1.807, 2.05) is 0 Å². The second-order valence-electron chi connectivity index (χ2n) is 5.44. The van der Waals surface area contributed by atoms with E-state index in [2.05, 4.69) is 48.5 Å². The van der Waals surface area contributed by atoms with E-state index in [0.29, 0.717) is 0 Å². The Balaban J connectivity index is 2.17. The maximum Gasteiger partial charge on any atom is 0.178 e. The Bertz CT molecular complexity index is 578. The molecule has 1 heterocycles. The van der Waals surface area contributed by atoms with Crippen molar-refractivity contribution in [2.24, 2.45) is 5.92 Å². The van der Waals surface area contributed by atoms with Crippen molar-refractivity contribution in [2.75, 3.05) is 0 Å². The second kappa shape index (κ2) is 5.70. The Kier molecular flexibility index (Phi) is 4.23. The van der Waals surface area contributed by atoms with Gasteiger partial charge >= 0.3 is 0 Å². The van der Waals surface area contributed by atoms with Gasteiger partial charge in [-0.15, -0.1) is 0 Å². The van der Waals surface area contributed by atoms with E-state index in [1.54, 1.807) is 0 Å². The lowest BCUT2D eigenvalue weighted by atomic mass is 10.1. The van der Waals surface area contributed by atoms with Crippen LogP contribution in [0.3, 0.4) is 0 Å². The summed E-state index contributed by atoms with van der Waals surface area (Å²) in [6.07, 6.45) is 3.78. The van der Waals surface area contributed by atoms with Gasteiger partial charge in [-0.05, 0) is 43.1 Å². The number of para-hydroxylation sites is 1. The Labute approximate surface area is 114 Å². The van der Waals surface area contributed by atoms with Crippen LogP contribution < -0.4 is 0 Å². The summed E-state index contributed by atoms with van der Waals surface area (Å²) >= 11 is 5.42. The van der Waals surface area contributed by atoms with Crippen LogP contribution in [0.25, 0.3) is 11.0 Å². The molecule has 0 radical (unpaired) electrons. The second-order valence-corrected chi connectivity index (χ2v) is 5.83. The van der Waals surface area contributed by atoms with Crippen LogP contribution in [0.4, 0.5) is 0 Å². The molecule has 2 nitrogen and oxygen atoms in total. The third kappa shape index (κ3) is 2.83. The number of benzene rings is 1. The van der Waals surface area contributed by atoms with E-state index < -0.39 is 0 Å². The van der Waals surface area contributed by atoms with Crippen LogP contribution in [-0.2, 0) is 6.54 Å². The molecule has 0 fully saturated rings. The van der Waals surface area contributed by atoms with Gasteiger partial charge in [0.15, 0.2) is 4.77 Å². The number of aromatic amines is 1. The van der Waals surface area contributed by atoms with Crippen LogP contribution in [0.2, 0.25) is 0 Å². The highest BCUT2D eigenvalue weighted by Crippen LogP contribution is 2.19. The molecule has 0 atom stereocenters. The molecular weight excluding hydrogens is 240 g/mol. The van der Waals surface area contributed by atoms with Crippen LogP contribution in [0.1, 0.15) is 38.7 Å². The van der Waals surface area contributed by atoms with Crippen molar-refractivity contribution in [3.05, 3.63) is 28.5 Å². The smallest absolute Gasteiger partial charge is 0.178 e. The summed E-state index contributed by atoms with van der Waals surface area (Å²) in [5.74, 6) is 0.794. The van der Waals surface area contributed by atoms with Crippen LogP contribution in [0.5, 0.6) is 0 Å². The zero-order valence-corrected chi connectivity index (χ0v) is 12.3. The predicted molar refractivity (Wildman–Crippen MR) is 80.5 cm³/mol. The molecule has 0 saturated carbocycles. The molecule has 0 unspecified atom stereocenters. The first-order valence-electron chi connectivity index (χ1n) is 6.77. The van der Waals surface area contributed by atoms with E-state index in [0.717, 1.165) is 22.8 Å². The van der Waals surface area contributed by atoms with Crippen molar-refractivity contribution in [1.82, 2.24) is 9.55 Å². The molecule has 0 aliphatic carbocycles. The quantitative estimate of drug-likeness (QED) is 0.604. The fourth-order valence-corrected chi connectivity index (χ4v) is 2.73. The minimum absolute atomic E-state index is 0.794. The molecule has 18 heavy (non-hydrogen) atoms. The minimum Gasteiger partial charge on any atom is -0.331 e. The molecule has 0 bridgehead atoms.